The van der Waals surface area contributed by atoms with Crippen LogP contribution in [0.2, 0.25) is 0 Å². The Kier molecular flexibility index (Phi) is 3.65. The highest BCUT2D eigenvalue weighted by molar-refractivity contribution is 5.64. The predicted molar refractivity (Wildman–Crippen MR) is 91.6 cm³/mol. The van der Waals surface area contributed by atoms with Gasteiger partial charge in [-0.1, -0.05) is 0 Å². The summed E-state index contributed by atoms with van der Waals surface area (Å²) >= 11 is 0. The second-order valence-corrected chi connectivity index (χ2v) is 5.53. The van der Waals surface area contributed by atoms with Crippen LogP contribution in [0.3, 0.4) is 0 Å². The van der Waals surface area contributed by atoms with Gasteiger partial charge in [0.1, 0.15) is 0 Å². The highest BCUT2D eigenvalue weighted by Crippen LogP contribution is 2.24. The summed E-state index contributed by atoms with van der Waals surface area (Å²) in [5, 5.41) is 15.0. The van der Waals surface area contributed by atoms with Crippen molar-refractivity contribution in [1.82, 2.24) is 29.4 Å². The summed E-state index contributed by atoms with van der Waals surface area (Å²) in [4.78, 5) is 8.74. The van der Waals surface area contributed by atoms with Gasteiger partial charge in [-0.25, -0.2) is 20.0 Å². The molecule has 2 N–H and O–H groups in total. The van der Waals surface area contributed by atoms with Crippen LogP contribution in [0.1, 0.15) is 5.56 Å². The van der Waals surface area contributed by atoms with Crippen molar-refractivity contribution in [1.29, 1.82) is 5.53 Å². The molecule has 0 spiro atoms. The van der Waals surface area contributed by atoms with Gasteiger partial charge in [0, 0.05) is 37.7 Å². The molecule has 0 aliphatic rings. The van der Waals surface area contributed by atoms with E-state index in [2.05, 4.69) is 30.6 Å². The SMILES string of the molecule is Cn1cc(-c2cnc(N=N)c(NCc3ccn4nccc4c3)n2)cn1. The second kappa shape index (κ2) is 6.11. The first kappa shape index (κ1) is 14.9. The van der Waals surface area contributed by atoms with Crippen LogP contribution in [0.5, 0.6) is 0 Å². The van der Waals surface area contributed by atoms with Crippen molar-refractivity contribution in [2.24, 2.45) is 12.2 Å². The van der Waals surface area contributed by atoms with E-state index in [1.54, 1.807) is 27.8 Å². The van der Waals surface area contributed by atoms with Gasteiger partial charge in [0.25, 0.3) is 0 Å². The largest absolute Gasteiger partial charge is 0.363 e. The van der Waals surface area contributed by atoms with E-state index in [9.17, 15) is 0 Å². The zero-order valence-corrected chi connectivity index (χ0v) is 13.5. The van der Waals surface area contributed by atoms with Crippen molar-refractivity contribution in [3.8, 4) is 11.3 Å². The van der Waals surface area contributed by atoms with Crippen LogP contribution in [0.25, 0.3) is 16.8 Å². The van der Waals surface area contributed by atoms with Crippen LogP contribution in [0.4, 0.5) is 11.6 Å². The molecule has 9 heteroatoms. The zero-order valence-electron chi connectivity index (χ0n) is 13.5. The average molecular weight is 333 g/mol. The lowest BCUT2D eigenvalue weighted by atomic mass is 10.2. The van der Waals surface area contributed by atoms with E-state index in [0.717, 1.165) is 16.6 Å². The summed E-state index contributed by atoms with van der Waals surface area (Å²) in [6, 6.07) is 5.95. The Bertz CT molecular complexity index is 1050. The Morgan fingerprint density at radius 2 is 2.16 bits per heavy atom. The van der Waals surface area contributed by atoms with Gasteiger partial charge in [0.05, 0.1) is 23.6 Å². The first-order chi connectivity index (χ1) is 12.2. The molecule has 4 aromatic rings. The normalized spacial score (nSPS) is 10.9. The van der Waals surface area contributed by atoms with Gasteiger partial charge in [0.2, 0.25) is 5.82 Å². The van der Waals surface area contributed by atoms with Crippen LogP contribution >= 0.6 is 0 Å². The minimum Gasteiger partial charge on any atom is -0.363 e. The Morgan fingerprint density at radius 1 is 1.24 bits per heavy atom. The molecular weight excluding hydrogens is 318 g/mol. The van der Waals surface area contributed by atoms with E-state index < -0.39 is 0 Å². The lowest BCUT2D eigenvalue weighted by molar-refractivity contribution is 0.768. The Morgan fingerprint density at radius 3 is 2.96 bits per heavy atom. The van der Waals surface area contributed by atoms with Gasteiger partial charge in [-0.3, -0.25) is 4.68 Å². The van der Waals surface area contributed by atoms with Gasteiger partial charge in [-0.15, -0.1) is 5.11 Å². The topological polar surface area (TPSA) is 109 Å². The molecule has 124 valence electrons. The standard InChI is InChI=1S/C16H15N9/c1-24-10-12(8-21-24)14-9-19-16(23-17)15(22-14)18-7-11-3-5-25-13(6-11)2-4-20-25/h2-6,8-10,17H,7H2,1H3,(H,18,22). The first-order valence-electron chi connectivity index (χ1n) is 7.62. The maximum absolute atomic E-state index is 7.29. The van der Waals surface area contributed by atoms with Crippen molar-refractivity contribution in [3.63, 3.8) is 0 Å². The molecule has 4 heterocycles. The highest BCUT2D eigenvalue weighted by Gasteiger charge is 2.10. The molecule has 0 amide bonds. The van der Waals surface area contributed by atoms with Crippen LogP contribution in [0, 0.1) is 5.53 Å². The molecule has 9 nitrogen and oxygen atoms in total. The fourth-order valence-corrected chi connectivity index (χ4v) is 2.54. The number of aryl methyl sites for hydroxylation is 1. The summed E-state index contributed by atoms with van der Waals surface area (Å²) in [6.07, 6.45) is 8.83. The molecule has 0 saturated heterocycles. The number of pyridine rings is 1. The third-order valence-electron chi connectivity index (χ3n) is 3.78. The molecule has 0 atom stereocenters. The number of anilines is 1. The fourth-order valence-electron chi connectivity index (χ4n) is 2.54. The van der Waals surface area contributed by atoms with Crippen molar-refractivity contribution < 1.29 is 0 Å². The summed E-state index contributed by atoms with van der Waals surface area (Å²) < 4.78 is 3.50. The smallest absolute Gasteiger partial charge is 0.216 e. The van der Waals surface area contributed by atoms with Gasteiger partial charge in [-0.05, 0) is 23.8 Å². The molecular formula is C16H15N9. The van der Waals surface area contributed by atoms with Crippen LogP contribution < -0.4 is 5.32 Å². The number of hydrogen-bond acceptors (Lipinski definition) is 7. The average Bonchev–Trinajstić information content (AvgIpc) is 3.28. The van der Waals surface area contributed by atoms with E-state index in [4.69, 9.17) is 5.53 Å². The fraction of sp³-hybridized carbons (Fsp3) is 0.125. The molecule has 25 heavy (non-hydrogen) atoms. The molecule has 0 fully saturated rings. The third kappa shape index (κ3) is 2.94. The maximum Gasteiger partial charge on any atom is 0.216 e. The molecule has 0 aliphatic heterocycles. The minimum atomic E-state index is 0.248. The molecule has 4 rings (SSSR count). The highest BCUT2D eigenvalue weighted by atomic mass is 15.2. The molecule has 0 aliphatic carbocycles. The number of nitrogens with one attached hydrogen (secondary N) is 2. The quantitative estimate of drug-likeness (QED) is 0.546. The second-order valence-electron chi connectivity index (χ2n) is 5.53. The third-order valence-corrected chi connectivity index (χ3v) is 3.78. The van der Waals surface area contributed by atoms with E-state index in [-0.39, 0.29) is 5.82 Å². The van der Waals surface area contributed by atoms with Crippen LogP contribution in [-0.4, -0.2) is 29.4 Å². The minimum absolute atomic E-state index is 0.248. The van der Waals surface area contributed by atoms with Gasteiger partial charge in [-0.2, -0.15) is 10.2 Å². The van der Waals surface area contributed by atoms with Crippen LogP contribution in [0.15, 0.2) is 54.3 Å². The van der Waals surface area contributed by atoms with Gasteiger partial charge < -0.3 is 5.32 Å². The van der Waals surface area contributed by atoms with Crippen molar-refractivity contribution >= 4 is 17.2 Å². The van der Waals surface area contributed by atoms with Crippen LogP contribution in [-0.2, 0) is 13.6 Å². The monoisotopic (exact) mass is 333 g/mol. The summed E-state index contributed by atoms with van der Waals surface area (Å²) in [5.74, 6) is 0.711. The number of rotatable bonds is 5. The van der Waals surface area contributed by atoms with Crippen molar-refractivity contribution in [2.45, 2.75) is 6.54 Å². The van der Waals surface area contributed by atoms with Crippen molar-refractivity contribution in [2.75, 3.05) is 5.32 Å². The molecule has 0 saturated carbocycles. The Hall–Kier alpha value is -3.62. The number of aromatic nitrogens is 6. The van der Waals surface area contributed by atoms with E-state index >= 15 is 0 Å². The molecule has 4 aromatic heterocycles. The summed E-state index contributed by atoms with van der Waals surface area (Å²) in [7, 11) is 1.84. The Labute approximate surface area is 142 Å². The zero-order chi connectivity index (χ0) is 17.2. The molecule has 0 radical (unpaired) electrons. The van der Waals surface area contributed by atoms with E-state index in [0.29, 0.717) is 18.1 Å². The summed E-state index contributed by atoms with van der Waals surface area (Å²) in [6.45, 7) is 0.537. The van der Waals surface area contributed by atoms with Crippen molar-refractivity contribution in [3.05, 3.63) is 54.7 Å². The molecule has 0 bridgehead atoms. The van der Waals surface area contributed by atoms with Gasteiger partial charge >= 0.3 is 0 Å². The maximum atomic E-state index is 7.29. The molecule has 0 unspecified atom stereocenters. The first-order valence-corrected chi connectivity index (χ1v) is 7.62. The van der Waals surface area contributed by atoms with E-state index in [1.807, 2.05) is 37.6 Å². The van der Waals surface area contributed by atoms with Gasteiger partial charge in [0.15, 0.2) is 5.82 Å². The number of hydrogen-bond donors (Lipinski definition) is 2. The number of fused-ring (bicyclic) bond motifs is 1. The summed E-state index contributed by atoms with van der Waals surface area (Å²) in [5.41, 5.74) is 10.9. The lowest BCUT2D eigenvalue weighted by Crippen LogP contribution is -2.04. The Balaban J connectivity index is 1.60. The molecule has 0 aromatic carbocycles. The predicted octanol–water partition coefficient (Wildman–Crippen LogP) is 2.80. The lowest BCUT2D eigenvalue weighted by Gasteiger charge is -2.09. The number of nitrogens with zero attached hydrogens (tertiary/aromatic N) is 7. The van der Waals surface area contributed by atoms with E-state index in [1.165, 1.54) is 0 Å².